The van der Waals surface area contributed by atoms with Crippen molar-refractivity contribution in [2.75, 3.05) is 19.3 Å². The van der Waals surface area contributed by atoms with Gasteiger partial charge in [-0.2, -0.15) is 5.10 Å². The average molecular weight is 335 g/mol. The molecule has 8 heteroatoms. The Morgan fingerprint density at radius 3 is 2.65 bits per heavy atom. The van der Waals surface area contributed by atoms with E-state index < -0.39 is 10.0 Å². The van der Waals surface area contributed by atoms with Crippen molar-refractivity contribution < 1.29 is 8.42 Å². The zero-order valence-electron chi connectivity index (χ0n) is 13.6. The lowest BCUT2D eigenvalue weighted by Crippen LogP contribution is -2.27. The van der Waals surface area contributed by atoms with Crippen LogP contribution in [-0.4, -0.2) is 52.2 Å². The van der Waals surface area contributed by atoms with Crippen LogP contribution in [0, 0.1) is 19.8 Å². The van der Waals surface area contributed by atoms with Crippen molar-refractivity contribution in [1.29, 1.82) is 0 Å². The van der Waals surface area contributed by atoms with Gasteiger partial charge in [0.15, 0.2) is 0 Å². The lowest BCUT2D eigenvalue weighted by atomic mass is 9.98. The first kappa shape index (κ1) is 16.1. The normalized spacial score (nSPS) is 19.3. The summed E-state index contributed by atoms with van der Waals surface area (Å²) in [5, 5.41) is 7.21. The van der Waals surface area contributed by atoms with Gasteiger partial charge >= 0.3 is 0 Å². The van der Waals surface area contributed by atoms with Crippen molar-refractivity contribution in [1.82, 2.24) is 24.5 Å². The van der Waals surface area contributed by atoms with Crippen LogP contribution in [-0.2, 0) is 16.4 Å². The third-order valence-corrected chi connectivity index (χ3v) is 5.61. The molecule has 1 atom stereocenters. The molecule has 0 aliphatic carbocycles. The number of aromatic nitrogens is 4. The number of aryl methyl sites for hydroxylation is 2. The molecule has 23 heavy (non-hydrogen) atoms. The number of H-pyrrole nitrogens is 1. The van der Waals surface area contributed by atoms with E-state index >= 15 is 0 Å². The molecule has 1 fully saturated rings. The third-order valence-electron chi connectivity index (χ3n) is 4.34. The quantitative estimate of drug-likeness (QED) is 0.909. The Balaban J connectivity index is 1.86. The molecule has 1 N–H and O–H groups in total. The van der Waals surface area contributed by atoms with E-state index in [0.717, 1.165) is 41.2 Å². The van der Waals surface area contributed by atoms with E-state index in [1.165, 1.54) is 6.26 Å². The van der Waals surface area contributed by atoms with Gasteiger partial charge in [0.1, 0.15) is 0 Å². The Hall–Kier alpha value is -1.80. The number of sulfonamides is 1. The third kappa shape index (κ3) is 3.28. The molecule has 0 amide bonds. The van der Waals surface area contributed by atoms with Crippen molar-refractivity contribution in [3.63, 3.8) is 0 Å². The molecule has 2 aromatic heterocycles. The van der Waals surface area contributed by atoms with Gasteiger partial charge in [-0.15, -0.1) is 0 Å². The van der Waals surface area contributed by atoms with Gasteiger partial charge in [0.05, 0.1) is 23.3 Å². The largest absolute Gasteiger partial charge is 0.282 e. The minimum absolute atomic E-state index is 0.271. The smallest absolute Gasteiger partial charge is 0.211 e. The van der Waals surface area contributed by atoms with Gasteiger partial charge in [-0.1, -0.05) is 0 Å². The van der Waals surface area contributed by atoms with Crippen molar-refractivity contribution >= 4 is 10.0 Å². The first-order valence-electron chi connectivity index (χ1n) is 7.63. The molecule has 0 unspecified atom stereocenters. The van der Waals surface area contributed by atoms with Gasteiger partial charge < -0.3 is 0 Å². The molecular formula is C15H21N5O2S. The number of rotatable bonds is 4. The highest BCUT2D eigenvalue weighted by atomic mass is 32.2. The summed E-state index contributed by atoms with van der Waals surface area (Å²) in [5.74, 6) is 0.271. The summed E-state index contributed by atoms with van der Waals surface area (Å²) < 4.78 is 24.9. The van der Waals surface area contributed by atoms with E-state index in [0.29, 0.717) is 13.1 Å². The SMILES string of the molecule is Cc1n[nH]c(C)c1-c1nccnc1C[C@H]1CCN(S(C)(=O)=O)C1. The second-order valence-corrected chi connectivity index (χ2v) is 8.12. The monoisotopic (exact) mass is 335 g/mol. The van der Waals surface area contributed by atoms with Gasteiger partial charge in [0.2, 0.25) is 10.0 Å². The number of hydrogen-bond donors (Lipinski definition) is 1. The molecule has 124 valence electrons. The predicted octanol–water partition coefficient (Wildman–Crippen LogP) is 1.31. The highest BCUT2D eigenvalue weighted by Crippen LogP contribution is 2.29. The van der Waals surface area contributed by atoms with E-state index in [9.17, 15) is 8.42 Å². The fourth-order valence-corrected chi connectivity index (χ4v) is 4.08. The van der Waals surface area contributed by atoms with Crippen LogP contribution in [0.3, 0.4) is 0 Å². The van der Waals surface area contributed by atoms with Gasteiger partial charge in [0.25, 0.3) is 0 Å². The summed E-state index contributed by atoms with van der Waals surface area (Å²) >= 11 is 0. The molecule has 2 aromatic rings. The first-order chi connectivity index (χ1) is 10.9. The molecule has 3 heterocycles. The van der Waals surface area contributed by atoms with E-state index in [1.807, 2.05) is 13.8 Å². The van der Waals surface area contributed by atoms with Gasteiger partial charge in [-0.05, 0) is 32.6 Å². The first-order valence-corrected chi connectivity index (χ1v) is 9.48. The Labute approximate surface area is 136 Å². The molecule has 0 saturated carbocycles. The zero-order valence-corrected chi connectivity index (χ0v) is 14.4. The minimum atomic E-state index is -3.11. The van der Waals surface area contributed by atoms with Crippen LogP contribution >= 0.6 is 0 Å². The number of nitrogens with one attached hydrogen (secondary N) is 1. The van der Waals surface area contributed by atoms with Crippen molar-refractivity contribution in [2.24, 2.45) is 5.92 Å². The van der Waals surface area contributed by atoms with Gasteiger partial charge in [-0.25, -0.2) is 12.7 Å². The topological polar surface area (TPSA) is 91.8 Å². The summed E-state index contributed by atoms with van der Waals surface area (Å²) in [6.45, 7) is 5.05. The van der Waals surface area contributed by atoms with Gasteiger partial charge in [-0.3, -0.25) is 15.1 Å². The summed E-state index contributed by atoms with van der Waals surface area (Å²) in [4.78, 5) is 8.99. The van der Waals surface area contributed by atoms with Crippen LogP contribution in [0.2, 0.25) is 0 Å². The molecule has 0 spiro atoms. The van der Waals surface area contributed by atoms with Crippen LogP contribution in [0.4, 0.5) is 0 Å². The molecular weight excluding hydrogens is 314 g/mol. The highest BCUT2D eigenvalue weighted by Gasteiger charge is 2.29. The molecule has 7 nitrogen and oxygen atoms in total. The number of aromatic amines is 1. The standard InChI is InChI=1S/C15H21N5O2S/c1-10-14(11(2)19-18-10)15-13(16-5-6-17-15)8-12-4-7-20(9-12)23(3,21)22/h5-6,12H,4,7-9H2,1-3H3,(H,18,19)/t12-/m1/s1. The second kappa shape index (κ2) is 6.01. The van der Waals surface area contributed by atoms with Crippen LogP contribution in [0.25, 0.3) is 11.3 Å². The second-order valence-electron chi connectivity index (χ2n) is 6.14. The van der Waals surface area contributed by atoms with Crippen LogP contribution in [0.15, 0.2) is 12.4 Å². The summed E-state index contributed by atoms with van der Waals surface area (Å²) in [6.07, 6.45) is 6.21. The van der Waals surface area contributed by atoms with Crippen molar-refractivity contribution in [3.05, 3.63) is 29.5 Å². The Kier molecular flexibility index (Phi) is 4.20. The maximum absolute atomic E-state index is 11.7. The summed E-state index contributed by atoms with van der Waals surface area (Å²) in [5.41, 5.74) is 4.60. The van der Waals surface area contributed by atoms with E-state index in [4.69, 9.17) is 0 Å². The Bertz CT molecular complexity index is 796. The predicted molar refractivity (Wildman–Crippen MR) is 87.3 cm³/mol. The molecule has 0 bridgehead atoms. The number of nitrogens with zero attached hydrogens (tertiary/aromatic N) is 4. The summed E-state index contributed by atoms with van der Waals surface area (Å²) in [6, 6.07) is 0. The van der Waals surface area contributed by atoms with Crippen LogP contribution in [0.5, 0.6) is 0 Å². The number of hydrogen-bond acceptors (Lipinski definition) is 5. The van der Waals surface area contributed by atoms with Gasteiger partial charge in [0, 0.05) is 36.7 Å². The molecule has 3 rings (SSSR count). The molecule has 1 aliphatic rings. The van der Waals surface area contributed by atoms with Crippen molar-refractivity contribution in [2.45, 2.75) is 26.7 Å². The maximum Gasteiger partial charge on any atom is 0.211 e. The Morgan fingerprint density at radius 2 is 2.04 bits per heavy atom. The van der Waals surface area contributed by atoms with E-state index in [1.54, 1.807) is 16.7 Å². The molecule has 0 aromatic carbocycles. The van der Waals surface area contributed by atoms with E-state index in [2.05, 4.69) is 20.2 Å². The average Bonchev–Trinajstić information content (AvgIpc) is 3.07. The maximum atomic E-state index is 11.7. The van der Waals surface area contributed by atoms with Crippen LogP contribution in [0.1, 0.15) is 23.5 Å². The molecule has 1 saturated heterocycles. The zero-order chi connectivity index (χ0) is 16.6. The Morgan fingerprint density at radius 1 is 1.30 bits per heavy atom. The minimum Gasteiger partial charge on any atom is -0.282 e. The lowest BCUT2D eigenvalue weighted by Gasteiger charge is -2.14. The van der Waals surface area contributed by atoms with Crippen molar-refractivity contribution in [3.8, 4) is 11.3 Å². The fraction of sp³-hybridized carbons (Fsp3) is 0.533. The molecule has 1 aliphatic heterocycles. The molecule has 0 radical (unpaired) electrons. The van der Waals surface area contributed by atoms with Crippen LogP contribution < -0.4 is 0 Å². The highest BCUT2D eigenvalue weighted by molar-refractivity contribution is 7.88. The summed E-state index contributed by atoms with van der Waals surface area (Å²) in [7, 11) is -3.11. The lowest BCUT2D eigenvalue weighted by molar-refractivity contribution is 0.459. The fourth-order valence-electron chi connectivity index (χ4n) is 3.16. The van der Waals surface area contributed by atoms with E-state index in [-0.39, 0.29) is 5.92 Å².